The van der Waals surface area contributed by atoms with Crippen molar-refractivity contribution in [3.63, 3.8) is 0 Å². The summed E-state index contributed by atoms with van der Waals surface area (Å²) >= 11 is 0. The number of nitrogens with one attached hydrogen (secondary N) is 3. The van der Waals surface area contributed by atoms with Gasteiger partial charge in [0.05, 0.1) is 23.9 Å². The highest BCUT2D eigenvalue weighted by Gasteiger charge is 2.25. The van der Waals surface area contributed by atoms with Gasteiger partial charge in [0.15, 0.2) is 0 Å². The summed E-state index contributed by atoms with van der Waals surface area (Å²) in [6.07, 6.45) is 0. The van der Waals surface area contributed by atoms with Crippen molar-refractivity contribution < 1.29 is 19.1 Å². The van der Waals surface area contributed by atoms with E-state index in [0.29, 0.717) is 33.8 Å². The molecule has 2 aromatic rings. The van der Waals surface area contributed by atoms with Crippen LogP contribution in [0.3, 0.4) is 0 Å². The maximum Gasteiger partial charge on any atom is 0.340 e. The van der Waals surface area contributed by atoms with Gasteiger partial charge in [-0.2, -0.15) is 0 Å². The molecule has 1 amide bonds. The lowest BCUT2D eigenvalue weighted by Crippen LogP contribution is -2.27. The van der Waals surface area contributed by atoms with Gasteiger partial charge >= 0.3 is 5.97 Å². The number of aryl methyl sites for hydroxylation is 1. The van der Waals surface area contributed by atoms with Gasteiger partial charge in [0, 0.05) is 24.0 Å². The molecule has 1 heterocycles. The van der Waals surface area contributed by atoms with E-state index in [2.05, 4.69) is 15.6 Å². The second-order valence-corrected chi connectivity index (χ2v) is 6.24. The normalized spacial score (nSPS) is 11.6. The monoisotopic (exact) mass is 371 g/mol. The maximum atomic E-state index is 12.9. The average Bonchev–Trinajstić information content (AvgIpc) is 2.95. The standard InChI is InChI=1S/C20H25N3O4/c1-6-27-20(26)16-11(2)17(23-12(16)3)18(24)13(4)22-15-9-7-8-14(10-15)19(25)21-5/h7-10,13,22-23H,6H2,1-5H3,(H,21,25)/t13-/m1/s1. The maximum absolute atomic E-state index is 12.9. The van der Waals surface area contributed by atoms with Crippen molar-refractivity contribution in [2.24, 2.45) is 0 Å². The molecule has 0 aliphatic heterocycles. The van der Waals surface area contributed by atoms with Crippen LogP contribution in [0, 0.1) is 13.8 Å². The van der Waals surface area contributed by atoms with Crippen molar-refractivity contribution in [2.75, 3.05) is 19.0 Å². The third-order valence-electron chi connectivity index (χ3n) is 4.29. The molecule has 144 valence electrons. The lowest BCUT2D eigenvalue weighted by atomic mass is 10.0. The number of esters is 1. The zero-order valence-corrected chi connectivity index (χ0v) is 16.2. The first-order valence-corrected chi connectivity index (χ1v) is 8.79. The van der Waals surface area contributed by atoms with Crippen LogP contribution >= 0.6 is 0 Å². The number of carbonyl (C=O) groups is 3. The SMILES string of the molecule is CCOC(=O)c1c(C)[nH]c(C(=O)[C@@H](C)Nc2cccc(C(=O)NC)c2)c1C. The number of Topliss-reactive ketones (excluding diaryl/α,β-unsaturated/α-hetero) is 1. The Bertz CT molecular complexity index is 870. The molecule has 7 nitrogen and oxygen atoms in total. The summed E-state index contributed by atoms with van der Waals surface area (Å²) in [6, 6.07) is 6.34. The number of ketones is 1. The highest BCUT2D eigenvalue weighted by Crippen LogP contribution is 2.21. The Morgan fingerprint density at radius 1 is 1.22 bits per heavy atom. The van der Waals surface area contributed by atoms with E-state index >= 15 is 0 Å². The number of anilines is 1. The molecule has 0 aliphatic rings. The van der Waals surface area contributed by atoms with Crippen molar-refractivity contribution in [1.82, 2.24) is 10.3 Å². The van der Waals surface area contributed by atoms with Crippen LogP contribution in [0.5, 0.6) is 0 Å². The molecule has 0 aliphatic carbocycles. The predicted octanol–water partition coefficient (Wildman–Crippen LogP) is 2.85. The molecule has 7 heteroatoms. The van der Waals surface area contributed by atoms with Gasteiger partial charge in [0.2, 0.25) is 5.78 Å². The smallest absolute Gasteiger partial charge is 0.340 e. The Labute approximate surface area is 158 Å². The Morgan fingerprint density at radius 2 is 1.93 bits per heavy atom. The fraction of sp³-hybridized carbons (Fsp3) is 0.350. The minimum atomic E-state index is -0.559. The average molecular weight is 371 g/mol. The second kappa shape index (κ2) is 8.53. The number of aromatic nitrogens is 1. The molecule has 0 saturated heterocycles. The van der Waals surface area contributed by atoms with Crippen LogP contribution in [0.4, 0.5) is 5.69 Å². The minimum Gasteiger partial charge on any atom is -0.462 e. The molecular weight excluding hydrogens is 346 g/mol. The molecule has 1 aromatic carbocycles. The molecule has 0 saturated carbocycles. The number of benzene rings is 1. The van der Waals surface area contributed by atoms with Gasteiger partial charge in [0.1, 0.15) is 0 Å². The van der Waals surface area contributed by atoms with Gasteiger partial charge in [-0.3, -0.25) is 9.59 Å². The van der Waals surface area contributed by atoms with Gasteiger partial charge in [-0.1, -0.05) is 6.07 Å². The first-order chi connectivity index (χ1) is 12.8. The lowest BCUT2D eigenvalue weighted by Gasteiger charge is -2.15. The summed E-state index contributed by atoms with van der Waals surface area (Å²) in [5.74, 6) is -0.828. The first kappa shape index (κ1) is 20.2. The quantitative estimate of drug-likeness (QED) is 0.513. The Morgan fingerprint density at radius 3 is 2.56 bits per heavy atom. The molecule has 0 bridgehead atoms. The molecule has 0 spiro atoms. The van der Waals surface area contributed by atoms with Crippen LogP contribution in [0.15, 0.2) is 24.3 Å². The highest BCUT2D eigenvalue weighted by atomic mass is 16.5. The second-order valence-electron chi connectivity index (χ2n) is 6.24. The van der Waals surface area contributed by atoms with Crippen molar-refractivity contribution in [2.45, 2.75) is 33.7 Å². The number of aromatic amines is 1. The first-order valence-electron chi connectivity index (χ1n) is 8.79. The van der Waals surface area contributed by atoms with Gasteiger partial charge < -0.3 is 20.4 Å². The lowest BCUT2D eigenvalue weighted by molar-refractivity contribution is 0.0524. The number of hydrogen-bond donors (Lipinski definition) is 3. The molecule has 1 aromatic heterocycles. The van der Waals surface area contributed by atoms with E-state index in [1.807, 2.05) is 0 Å². The number of carbonyl (C=O) groups excluding carboxylic acids is 3. The summed E-state index contributed by atoms with van der Waals surface area (Å²) < 4.78 is 5.06. The Hall–Kier alpha value is -3.09. The molecule has 0 fully saturated rings. The number of H-pyrrole nitrogens is 1. The zero-order valence-electron chi connectivity index (χ0n) is 16.2. The van der Waals surface area contributed by atoms with Gasteiger partial charge in [-0.15, -0.1) is 0 Å². The van der Waals surface area contributed by atoms with Gasteiger partial charge in [0.25, 0.3) is 5.91 Å². The summed E-state index contributed by atoms with van der Waals surface area (Å²) in [7, 11) is 1.56. The molecule has 1 atom stereocenters. The fourth-order valence-corrected chi connectivity index (χ4v) is 2.93. The molecule has 27 heavy (non-hydrogen) atoms. The summed E-state index contributed by atoms with van der Waals surface area (Å²) in [5, 5.41) is 5.67. The van der Waals surface area contributed by atoms with E-state index < -0.39 is 12.0 Å². The van der Waals surface area contributed by atoms with Crippen molar-refractivity contribution in [3.8, 4) is 0 Å². The fourth-order valence-electron chi connectivity index (χ4n) is 2.93. The number of ether oxygens (including phenoxy) is 1. The largest absolute Gasteiger partial charge is 0.462 e. The van der Waals surface area contributed by atoms with Crippen LogP contribution in [0.2, 0.25) is 0 Å². The molecule has 0 radical (unpaired) electrons. The number of hydrogen-bond acceptors (Lipinski definition) is 5. The number of rotatable bonds is 7. The van der Waals surface area contributed by atoms with Crippen LogP contribution in [-0.2, 0) is 4.74 Å². The topological polar surface area (TPSA) is 100 Å². The van der Waals surface area contributed by atoms with Crippen LogP contribution < -0.4 is 10.6 Å². The summed E-state index contributed by atoms with van der Waals surface area (Å²) in [6.45, 7) is 7.20. The molecular formula is C20H25N3O4. The third-order valence-corrected chi connectivity index (χ3v) is 4.29. The Kier molecular flexibility index (Phi) is 6.39. The molecule has 0 unspecified atom stereocenters. The van der Waals surface area contributed by atoms with Crippen molar-refractivity contribution in [1.29, 1.82) is 0 Å². The van der Waals surface area contributed by atoms with E-state index in [1.165, 1.54) is 0 Å². The van der Waals surface area contributed by atoms with Crippen molar-refractivity contribution >= 4 is 23.3 Å². The molecule has 2 rings (SSSR count). The van der Waals surface area contributed by atoms with Crippen LogP contribution in [-0.4, -0.2) is 42.3 Å². The number of amides is 1. The Balaban J connectivity index is 2.22. The van der Waals surface area contributed by atoms with Gasteiger partial charge in [-0.25, -0.2) is 4.79 Å². The van der Waals surface area contributed by atoms with E-state index in [1.54, 1.807) is 59.0 Å². The van der Waals surface area contributed by atoms with E-state index in [4.69, 9.17) is 4.74 Å². The van der Waals surface area contributed by atoms with E-state index in [9.17, 15) is 14.4 Å². The summed E-state index contributed by atoms with van der Waals surface area (Å²) in [4.78, 5) is 39.7. The zero-order chi connectivity index (χ0) is 20.1. The van der Waals surface area contributed by atoms with Crippen LogP contribution in [0.1, 0.15) is 56.3 Å². The van der Waals surface area contributed by atoms with Crippen LogP contribution in [0.25, 0.3) is 0 Å². The third kappa shape index (κ3) is 4.36. The van der Waals surface area contributed by atoms with Crippen molar-refractivity contribution in [3.05, 3.63) is 52.3 Å². The minimum absolute atomic E-state index is 0.184. The highest BCUT2D eigenvalue weighted by molar-refractivity contribution is 6.05. The summed E-state index contributed by atoms with van der Waals surface area (Å²) in [5.41, 5.74) is 3.10. The predicted molar refractivity (Wildman–Crippen MR) is 103 cm³/mol. The molecule has 3 N–H and O–H groups in total. The van der Waals surface area contributed by atoms with E-state index in [-0.39, 0.29) is 18.3 Å². The van der Waals surface area contributed by atoms with E-state index in [0.717, 1.165) is 0 Å². The van der Waals surface area contributed by atoms with Gasteiger partial charge in [-0.05, 0) is 51.5 Å².